The van der Waals surface area contributed by atoms with E-state index in [-0.39, 0.29) is 18.4 Å². The maximum absolute atomic E-state index is 12.3. The number of nitrogens with one attached hydrogen (secondary N) is 3. The summed E-state index contributed by atoms with van der Waals surface area (Å²) >= 11 is 0. The highest BCUT2D eigenvalue weighted by Crippen LogP contribution is 2.17. The molecule has 0 heterocycles. The molecular weight excluding hydrogens is 406 g/mol. The van der Waals surface area contributed by atoms with Crippen LogP contribution in [0.1, 0.15) is 15.9 Å². The molecule has 0 aromatic heterocycles. The van der Waals surface area contributed by atoms with E-state index < -0.39 is 0 Å². The van der Waals surface area contributed by atoms with Gasteiger partial charge < -0.3 is 25.4 Å². The lowest BCUT2D eigenvalue weighted by molar-refractivity contribution is -0.114. The van der Waals surface area contributed by atoms with Gasteiger partial charge in [0.15, 0.2) is 0 Å². The molecule has 166 valence electrons. The van der Waals surface area contributed by atoms with Crippen molar-refractivity contribution in [2.45, 2.75) is 6.92 Å². The molecule has 0 saturated carbocycles. The fourth-order valence-electron chi connectivity index (χ4n) is 2.93. The van der Waals surface area contributed by atoms with Gasteiger partial charge in [-0.2, -0.15) is 0 Å². The number of amides is 2. The summed E-state index contributed by atoms with van der Waals surface area (Å²) < 4.78 is 10.5. The highest BCUT2D eigenvalue weighted by Gasteiger charge is 2.07. The van der Waals surface area contributed by atoms with E-state index in [1.165, 1.54) is 0 Å². The second-order valence-electron chi connectivity index (χ2n) is 7.17. The molecule has 32 heavy (non-hydrogen) atoms. The maximum Gasteiger partial charge on any atom is 0.255 e. The lowest BCUT2D eigenvalue weighted by Gasteiger charge is -2.10. The molecule has 0 atom stereocenters. The number of ether oxygens (including phenoxy) is 2. The first-order chi connectivity index (χ1) is 15.5. The van der Waals surface area contributed by atoms with Crippen molar-refractivity contribution in [1.29, 1.82) is 0 Å². The van der Waals surface area contributed by atoms with Gasteiger partial charge in [0.1, 0.15) is 12.4 Å². The van der Waals surface area contributed by atoms with Crippen molar-refractivity contribution in [1.82, 2.24) is 0 Å². The van der Waals surface area contributed by atoms with E-state index in [4.69, 9.17) is 9.47 Å². The van der Waals surface area contributed by atoms with Gasteiger partial charge in [0.2, 0.25) is 5.91 Å². The summed E-state index contributed by atoms with van der Waals surface area (Å²) in [7, 11) is 1.63. The molecule has 3 aromatic carbocycles. The third-order valence-corrected chi connectivity index (χ3v) is 4.57. The van der Waals surface area contributed by atoms with Crippen molar-refractivity contribution in [3.63, 3.8) is 0 Å². The Kier molecular flexibility index (Phi) is 8.22. The quantitative estimate of drug-likeness (QED) is 0.414. The molecule has 0 aliphatic rings. The van der Waals surface area contributed by atoms with E-state index in [9.17, 15) is 9.59 Å². The minimum Gasteiger partial charge on any atom is -0.491 e. The molecule has 0 unspecified atom stereocenters. The Hall–Kier alpha value is -3.84. The zero-order valence-corrected chi connectivity index (χ0v) is 18.2. The lowest BCUT2D eigenvalue weighted by Crippen LogP contribution is -2.21. The molecule has 3 N–H and O–H groups in total. The molecule has 0 bridgehead atoms. The van der Waals surface area contributed by atoms with Crippen molar-refractivity contribution < 1.29 is 19.1 Å². The first kappa shape index (κ1) is 22.8. The predicted octanol–water partition coefficient (Wildman–Crippen LogP) is 4.32. The number of carbonyl (C=O) groups is 2. The molecule has 0 aliphatic heterocycles. The fourth-order valence-corrected chi connectivity index (χ4v) is 2.93. The Morgan fingerprint density at radius 2 is 1.47 bits per heavy atom. The Bertz CT molecular complexity index is 1030. The van der Waals surface area contributed by atoms with Crippen LogP contribution in [0.15, 0.2) is 72.8 Å². The maximum atomic E-state index is 12.3. The van der Waals surface area contributed by atoms with Gasteiger partial charge in [-0.05, 0) is 67.6 Å². The predicted molar refractivity (Wildman–Crippen MR) is 127 cm³/mol. The number of rotatable bonds is 10. The van der Waals surface area contributed by atoms with Crippen LogP contribution in [0.3, 0.4) is 0 Å². The van der Waals surface area contributed by atoms with Gasteiger partial charge in [0.05, 0.1) is 13.2 Å². The Labute approximate surface area is 187 Å². The van der Waals surface area contributed by atoms with Crippen molar-refractivity contribution in [3.8, 4) is 5.75 Å². The summed E-state index contributed by atoms with van der Waals surface area (Å²) in [6.07, 6.45) is 0. The van der Waals surface area contributed by atoms with Gasteiger partial charge in [0.25, 0.3) is 5.91 Å². The normalized spacial score (nSPS) is 10.3. The van der Waals surface area contributed by atoms with Crippen LogP contribution >= 0.6 is 0 Å². The van der Waals surface area contributed by atoms with E-state index in [2.05, 4.69) is 16.0 Å². The molecule has 3 aromatic rings. The summed E-state index contributed by atoms with van der Waals surface area (Å²) in [5, 5.41) is 8.75. The number of hydrogen-bond acceptors (Lipinski definition) is 5. The number of benzene rings is 3. The van der Waals surface area contributed by atoms with Crippen LogP contribution in [-0.4, -0.2) is 38.7 Å². The number of carbonyl (C=O) groups excluding carboxylic acids is 2. The molecule has 0 radical (unpaired) electrons. The molecule has 3 rings (SSSR count). The second-order valence-corrected chi connectivity index (χ2v) is 7.17. The monoisotopic (exact) mass is 433 g/mol. The minimum absolute atomic E-state index is 0.121. The van der Waals surface area contributed by atoms with Crippen LogP contribution < -0.4 is 20.7 Å². The first-order valence-corrected chi connectivity index (χ1v) is 10.3. The summed E-state index contributed by atoms with van der Waals surface area (Å²) in [4.78, 5) is 24.6. The number of anilines is 3. The number of methoxy groups -OCH3 is 1. The third-order valence-electron chi connectivity index (χ3n) is 4.57. The largest absolute Gasteiger partial charge is 0.491 e. The van der Waals surface area contributed by atoms with Crippen molar-refractivity contribution in [2.75, 3.05) is 42.8 Å². The smallest absolute Gasteiger partial charge is 0.255 e. The first-order valence-electron chi connectivity index (χ1n) is 10.3. The summed E-state index contributed by atoms with van der Waals surface area (Å²) in [5.74, 6) is 0.387. The van der Waals surface area contributed by atoms with Crippen molar-refractivity contribution in [3.05, 3.63) is 83.9 Å². The topological polar surface area (TPSA) is 88.7 Å². The number of hydrogen-bond donors (Lipinski definition) is 3. The van der Waals surface area contributed by atoms with Crippen molar-refractivity contribution >= 4 is 28.9 Å². The fraction of sp³-hybridized carbons (Fsp3) is 0.200. The molecule has 0 aliphatic carbocycles. The zero-order valence-electron chi connectivity index (χ0n) is 18.2. The SMILES string of the molecule is COCCOc1ccc(NCC(=O)Nc2ccc(NC(=O)c3cccc(C)c3)cc2)cc1. The average molecular weight is 434 g/mol. The summed E-state index contributed by atoms with van der Waals surface area (Å²) in [6, 6.07) is 21.7. The van der Waals surface area contributed by atoms with Crippen LogP contribution in [-0.2, 0) is 9.53 Å². The molecule has 2 amide bonds. The number of aryl methyl sites for hydroxylation is 1. The lowest BCUT2D eigenvalue weighted by atomic mass is 10.1. The van der Waals surface area contributed by atoms with Crippen LogP contribution in [0.25, 0.3) is 0 Å². The average Bonchev–Trinajstić information content (AvgIpc) is 2.80. The molecule has 0 fully saturated rings. The van der Waals surface area contributed by atoms with Crippen molar-refractivity contribution in [2.24, 2.45) is 0 Å². The van der Waals surface area contributed by atoms with Gasteiger partial charge in [-0.1, -0.05) is 17.7 Å². The van der Waals surface area contributed by atoms with Gasteiger partial charge in [-0.15, -0.1) is 0 Å². The van der Waals surface area contributed by atoms with Crippen LogP contribution in [0.5, 0.6) is 5.75 Å². The molecule has 0 saturated heterocycles. The Morgan fingerprint density at radius 1 is 0.812 bits per heavy atom. The van der Waals surface area contributed by atoms with Crippen LogP contribution in [0.2, 0.25) is 0 Å². The van der Waals surface area contributed by atoms with E-state index in [1.54, 1.807) is 37.4 Å². The van der Waals surface area contributed by atoms with Gasteiger partial charge in [0, 0.05) is 29.7 Å². The molecule has 7 heteroatoms. The van der Waals surface area contributed by atoms with Crippen LogP contribution in [0, 0.1) is 6.92 Å². The summed E-state index contributed by atoms with van der Waals surface area (Å²) in [6.45, 7) is 3.08. The van der Waals surface area contributed by atoms with Gasteiger partial charge >= 0.3 is 0 Å². The standard InChI is InChI=1S/C25H27N3O4/c1-18-4-3-5-19(16-18)25(30)28-22-8-6-21(7-9-22)27-24(29)17-26-20-10-12-23(13-11-20)32-15-14-31-2/h3-13,16,26H,14-15,17H2,1-2H3,(H,27,29)(H,28,30). The third kappa shape index (κ3) is 7.14. The van der Waals surface area contributed by atoms with Gasteiger partial charge in [-0.3, -0.25) is 9.59 Å². The summed E-state index contributed by atoms with van der Waals surface area (Å²) in [5.41, 5.74) is 3.74. The van der Waals surface area contributed by atoms with E-state index >= 15 is 0 Å². The van der Waals surface area contributed by atoms with Crippen LogP contribution in [0.4, 0.5) is 17.1 Å². The van der Waals surface area contributed by atoms with E-state index in [0.29, 0.717) is 30.2 Å². The zero-order chi connectivity index (χ0) is 22.8. The van der Waals surface area contributed by atoms with E-state index in [0.717, 1.165) is 17.0 Å². The Morgan fingerprint density at radius 3 is 2.12 bits per heavy atom. The Balaban J connectivity index is 1.44. The van der Waals surface area contributed by atoms with E-state index in [1.807, 2.05) is 49.4 Å². The minimum atomic E-state index is -0.179. The second kappa shape index (κ2) is 11.5. The highest BCUT2D eigenvalue weighted by atomic mass is 16.5. The molecule has 0 spiro atoms. The molecular formula is C25H27N3O4. The highest BCUT2D eigenvalue weighted by molar-refractivity contribution is 6.04. The van der Waals surface area contributed by atoms with Gasteiger partial charge in [-0.25, -0.2) is 0 Å². The molecule has 7 nitrogen and oxygen atoms in total.